The van der Waals surface area contributed by atoms with Crippen LogP contribution in [0.4, 0.5) is 0 Å². The van der Waals surface area contributed by atoms with Crippen LogP contribution in [-0.4, -0.2) is 66.6 Å². The fourth-order valence-electron chi connectivity index (χ4n) is 3.31. The van der Waals surface area contributed by atoms with Gasteiger partial charge in [0.05, 0.1) is 6.61 Å². The lowest BCUT2D eigenvalue weighted by Crippen LogP contribution is -2.36. The molecule has 0 bridgehead atoms. The molecule has 1 aliphatic heterocycles. The second kappa shape index (κ2) is 7.98. The van der Waals surface area contributed by atoms with Gasteiger partial charge in [0.1, 0.15) is 5.78 Å². The molecule has 110 valence electrons. The third-order valence-corrected chi connectivity index (χ3v) is 4.51. The second-order valence-corrected chi connectivity index (χ2v) is 5.98. The monoisotopic (exact) mass is 268 g/mol. The predicted molar refractivity (Wildman–Crippen MR) is 76.2 cm³/mol. The Morgan fingerprint density at radius 3 is 2.63 bits per heavy atom. The van der Waals surface area contributed by atoms with Crippen LogP contribution in [0.2, 0.25) is 0 Å². The third-order valence-electron chi connectivity index (χ3n) is 4.51. The molecule has 0 aromatic rings. The molecule has 0 aromatic heterocycles. The van der Waals surface area contributed by atoms with Crippen molar-refractivity contribution in [3.8, 4) is 0 Å². The predicted octanol–water partition coefficient (Wildman–Crippen LogP) is 1.14. The van der Waals surface area contributed by atoms with Crippen LogP contribution >= 0.6 is 0 Å². The van der Waals surface area contributed by atoms with Crippen LogP contribution in [0.25, 0.3) is 0 Å². The van der Waals surface area contributed by atoms with Crippen molar-refractivity contribution in [2.24, 2.45) is 5.92 Å². The first-order valence-electron chi connectivity index (χ1n) is 7.88. The largest absolute Gasteiger partial charge is 0.395 e. The van der Waals surface area contributed by atoms with Crippen LogP contribution in [0, 0.1) is 5.92 Å². The SMILES string of the molecule is O=C1CCCCCC1CN1CCCN(CCO)CC1. The van der Waals surface area contributed by atoms with E-state index < -0.39 is 0 Å². The van der Waals surface area contributed by atoms with Gasteiger partial charge in [-0.2, -0.15) is 0 Å². The van der Waals surface area contributed by atoms with E-state index >= 15 is 0 Å². The van der Waals surface area contributed by atoms with Gasteiger partial charge in [-0.05, 0) is 32.4 Å². The molecule has 0 radical (unpaired) electrons. The van der Waals surface area contributed by atoms with E-state index in [1.807, 2.05) is 0 Å². The minimum Gasteiger partial charge on any atom is -0.395 e. The first-order valence-corrected chi connectivity index (χ1v) is 7.88. The molecule has 1 saturated carbocycles. The summed E-state index contributed by atoms with van der Waals surface area (Å²) in [6, 6.07) is 0. The lowest BCUT2D eigenvalue weighted by molar-refractivity contribution is -0.123. The Hall–Kier alpha value is -0.450. The molecule has 0 aromatic carbocycles. The van der Waals surface area contributed by atoms with E-state index in [1.165, 1.54) is 12.8 Å². The van der Waals surface area contributed by atoms with Gasteiger partial charge in [0.25, 0.3) is 0 Å². The number of aliphatic hydroxyl groups excluding tert-OH is 1. The minimum atomic E-state index is 0.251. The summed E-state index contributed by atoms with van der Waals surface area (Å²) < 4.78 is 0. The quantitative estimate of drug-likeness (QED) is 0.777. The van der Waals surface area contributed by atoms with E-state index in [0.717, 1.165) is 65.0 Å². The third kappa shape index (κ3) is 4.86. The Labute approximate surface area is 116 Å². The van der Waals surface area contributed by atoms with Gasteiger partial charge in [0.15, 0.2) is 0 Å². The van der Waals surface area contributed by atoms with Gasteiger partial charge in [-0.3, -0.25) is 9.69 Å². The molecular formula is C15H28N2O2. The standard InChI is InChI=1S/C15H28N2O2/c18-12-11-16-7-4-8-17(10-9-16)13-14-5-2-1-3-6-15(14)19/h14,18H,1-13H2. The van der Waals surface area contributed by atoms with Crippen molar-refractivity contribution in [2.75, 3.05) is 45.9 Å². The molecule has 19 heavy (non-hydrogen) atoms. The fourth-order valence-corrected chi connectivity index (χ4v) is 3.31. The molecule has 1 saturated heterocycles. The number of rotatable bonds is 4. The summed E-state index contributed by atoms with van der Waals surface area (Å²) in [5.74, 6) is 0.779. The van der Waals surface area contributed by atoms with Crippen LogP contribution in [0.3, 0.4) is 0 Å². The van der Waals surface area contributed by atoms with Gasteiger partial charge < -0.3 is 10.0 Å². The molecule has 1 heterocycles. The maximum Gasteiger partial charge on any atom is 0.137 e. The second-order valence-electron chi connectivity index (χ2n) is 5.98. The van der Waals surface area contributed by atoms with Crippen molar-refractivity contribution in [3.05, 3.63) is 0 Å². The Morgan fingerprint density at radius 1 is 1.00 bits per heavy atom. The summed E-state index contributed by atoms with van der Waals surface area (Å²) in [7, 11) is 0. The molecule has 4 nitrogen and oxygen atoms in total. The first-order chi connectivity index (χ1) is 9.29. The molecule has 0 amide bonds. The van der Waals surface area contributed by atoms with Crippen LogP contribution in [0.1, 0.15) is 38.5 Å². The van der Waals surface area contributed by atoms with Crippen LogP contribution in [-0.2, 0) is 4.79 Å². The summed E-state index contributed by atoms with van der Waals surface area (Å²) in [5.41, 5.74) is 0. The Kier molecular flexibility index (Phi) is 6.28. The summed E-state index contributed by atoms with van der Waals surface area (Å²) in [5, 5.41) is 9.00. The zero-order valence-electron chi connectivity index (χ0n) is 12.0. The van der Waals surface area contributed by atoms with E-state index in [4.69, 9.17) is 5.11 Å². The molecule has 4 heteroatoms. The van der Waals surface area contributed by atoms with Gasteiger partial charge in [0.2, 0.25) is 0 Å². The number of nitrogens with zero attached hydrogens (tertiary/aromatic N) is 2. The van der Waals surface area contributed by atoms with E-state index in [1.54, 1.807) is 0 Å². The molecule has 1 aliphatic carbocycles. The highest BCUT2D eigenvalue weighted by atomic mass is 16.3. The normalized spacial score (nSPS) is 28.1. The molecule has 2 rings (SSSR count). The number of ketones is 1. The van der Waals surface area contributed by atoms with E-state index in [0.29, 0.717) is 5.78 Å². The van der Waals surface area contributed by atoms with Crippen molar-refractivity contribution < 1.29 is 9.90 Å². The van der Waals surface area contributed by atoms with Gasteiger partial charge in [-0.25, -0.2) is 0 Å². The summed E-state index contributed by atoms with van der Waals surface area (Å²) in [6.45, 7) is 6.26. The number of β-amino-alcohol motifs (C(OH)–C–C–N with tert-alkyl or cyclic N) is 1. The van der Waals surface area contributed by atoms with Crippen LogP contribution in [0.15, 0.2) is 0 Å². The fraction of sp³-hybridized carbons (Fsp3) is 0.933. The molecule has 2 aliphatic rings. The van der Waals surface area contributed by atoms with Crippen molar-refractivity contribution in [1.82, 2.24) is 9.80 Å². The minimum absolute atomic E-state index is 0.251. The summed E-state index contributed by atoms with van der Waals surface area (Å²) >= 11 is 0. The summed E-state index contributed by atoms with van der Waals surface area (Å²) in [4.78, 5) is 16.9. The zero-order valence-corrected chi connectivity index (χ0v) is 12.0. The van der Waals surface area contributed by atoms with E-state index in [-0.39, 0.29) is 12.5 Å². The van der Waals surface area contributed by atoms with Crippen LogP contribution in [0.5, 0.6) is 0 Å². The molecule has 1 unspecified atom stereocenters. The van der Waals surface area contributed by atoms with E-state index in [2.05, 4.69) is 9.80 Å². The topological polar surface area (TPSA) is 43.8 Å². The van der Waals surface area contributed by atoms with Gasteiger partial charge in [0, 0.05) is 38.5 Å². The van der Waals surface area contributed by atoms with Crippen molar-refractivity contribution in [1.29, 1.82) is 0 Å². The van der Waals surface area contributed by atoms with Crippen molar-refractivity contribution in [3.63, 3.8) is 0 Å². The molecular weight excluding hydrogens is 240 g/mol. The molecule has 1 N–H and O–H groups in total. The summed E-state index contributed by atoms with van der Waals surface area (Å²) in [6.07, 6.45) is 6.60. The maximum atomic E-state index is 12.1. The number of aliphatic hydroxyl groups is 1. The highest BCUT2D eigenvalue weighted by molar-refractivity contribution is 5.81. The van der Waals surface area contributed by atoms with Gasteiger partial charge >= 0.3 is 0 Å². The molecule has 1 atom stereocenters. The van der Waals surface area contributed by atoms with E-state index in [9.17, 15) is 4.79 Å². The number of Topliss-reactive ketones (excluding diaryl/α,β-unsaturated/α-hetero) is 1. The first kappa shape index (κ1) is 14.9. The average molecular weight is 268 g/mol. The number of hydrogen-bond acceptors (Lipinski definition) is 4. The number of carbonyl (C=O) groups excluding carboxylic acids is 1. The zero-order chi connectivity index (χ0) is 13.5. The van der Waals surface area contributed by atoms with Crippen molar-refractivity contribution in [2.45, 2.75) is 38.5 Å². The molecule has 2 fully saturated rings. The average Bonchev–Trinajstić information content (AvgIpc) is 2.73. The number of hydrogen-bond donors (Lipinski definition) is 1. The highest BCUT2D eigenvalue weighted by Crippen LogP contribution is 2.21. The number of carbonyl (C=O) groups is 1. The maximum absolute atomic E-state index is 12.1. The lowest BCUT2D eigenvalue weighted by Gasteiger charge is -2.25. The Bertz CT molecular complexity index is 283. The Morgan fingerprint density at radius 2 is 1.79 bits per heavy atom. The van der Waals surface area contributed by atoms with Gasteiger partial charge in [-0.15, -0.1) is 0 Å². The smallest absolute Gasteiger partial charge is 0.137 e. The van der Waals surface area contributed by atoms with Crippen molar-refractivity contribution >= 4 is 5.78 Å². The van der Waals surface area contributed by atoms with Gasteiger partial charge in [-0.1, -0.05) is 12.8 Å². The highest BCUT2D eigenvalue weighted by Gasteiger charge is 2.24. The lowest BCUT2D eigenvalue weighted by atomic mass is 9.98. The molecule has 0 spiro atoms. The Balaban J connectivity index is 1.79. The van der Waals surface area contributed by atoms with Crippen LogP contribution < -0.4 is 0 Å².